The maximum absolute atomic E-state index is 5.72. The smallest absolute Gasteiger partial charge is 0.0320 e. The molecule has 1 aromatic carbocycles. The molecule has 0 aromatic heterocycles. The van der Waals surface area contributed by atoms with E-state index in [0.29, 0.717) is 0 Å². The summed E-state index contributed by atoms with van der Waals surface area (Å²) in [6.45, 7) is 2.05. The molecule has 1 heterocycles. The van der Waals surface area contributed by atoms with Gasteiger partial charge in [-0.15, -0.1) is 0 Å². The number of nitrogen functional groups attached to an aromatic ring is 1. The summed E-state index contributed by atoms with van der Waals surface area (Å²) >= 11 is 0. The molecule has 0 atom stereocenters. The van der Waals surface area contributed by atoms with E-state index in [-0.39, 0.29) is 0 Å². The molecule has 68 valence electrons. The summed E-state index contributed by atoms with van der Waals surface area (Å²) in [5, 5.41) is 3.29. The highest BCUT2D eigenvalue weighted by atomic mass is 14.8. The van der Waals surface area contributed by atoms with Gasteiger partial charge >= 0.3 is 0 Å². The van der Waals surface area contributed by atoms with Crippen molar-refractivity contribution in [1.82, 2.24) is 5.32 Å². The van der Waals surface area contributed by atoms with Gasteiger partial charge in [-0.2, -0.15) is 0 Å². The molecule has 0 spiro atoms. The van der Waals surface area contributed by atoms with Crippen LogP contribution in [0.4, 0.5) is 5.69 Å². The van der Waals surface area contributed by atoms with Crippen molar-refractivity contribution < 1.29 is 0 Å². The van der Waals surface area contributed by atoms with E-state index < -0.39 is 0 Å². The molecule has 0 saturated heterocycles. The average Bonchev–Trinajstić information content (AvgIpc) is 2.19. The van der Waals surface area contributed by atoms with Crippen LogP contribution in [-0.2, 0) is 0 Å². The third-order valence-electron chi connectivity index (χ3n) is 2.32. The predicted molar refractivity (Wildman–Crippen MR) is 56.3 cm³/mol. The number of rotatable bonds is 1. The quantitative estimate of drug-likeness (QED) is 0.635. The van der Waals surface area contributed by atoms with Crippen LogP contribution in [0.25, 0.3) is 5.57 Å². The molecule has 0 bridgehead atoms. The van der Waals surface area contributed by atoms with Crippen molar-refractivity contribution in [3.05, 3.63) is 35.9 Å². The van der Waals surface area contributed by atoms with Gasteiger partial charge in [0.2, 0.25) is 0 Å². The predicted octanol–water partition coefficient (Wildman–Crippen LogP) is 1.65. The SMILES string of the molecule is Nc1cccc(C2=CCNCC2)c1. The molecule has 2 rings (SSSR count). The number of benzene rings is 1. The average molecular weight is 174 g/mol. The lowest BCUT2D eigenvalue weighted by Gasteiger charge is -2.14. The largest absolute Gasteiger partial charge is 0.399 e. The van der Waals surface area contributed by atoms with Gasteiger partial charge in [0.1, 0.15) is 0 Å². The zero-order chi connectivity index (χ0) is 9.10. The fourth-order valence-electron chi connectivity index (χ4n) is 1.62. The summed E-state index contributed by atoms with van der Waals surface area (Å²) in [6.07, 6.45) is 3.34. The van der Waals surface area contributed by atoms with Gasteiger partial charge in [-0.25, -0.2) is 0 Å². The lowest BCUT2D eigenvalue weighted by molar-refractivity contribution is 0.738. The van der Waals surface area contributed by atoms with E-state index in [1.165, 1.54) is 11.1 Å². The minimum atomic E-state index is 0.844. The van der Waals surface area contributed by atoms with Gasteiger partial charge in [-0.05, 0) is 36.2 Å². The van der Waals surface area contributed by atoms with Crippen LogP contribution in [0, 0.1) is 0 Å². The fraction of sp³-hybridized carbons (Fsp3) is 0.273. The Kier molecular flexibility index (Phi) is 2.32. The second kappa shape index (κ2) is 3.62. The van der Waals surface area contributed by atoms with Crippen LogP contribution in [0.2, 0.25) is 0 Å². The topological polar surface area (TPSA) is 38.0 Å². The van der Waals surface area contributed by atoms with Gasteiger partial charge in [0, 0.05) is 12.2 Å². The zero-order valence-corrected chi connectivity index (χ0v) is 7.59. The molecule has 0 saturated carbocycles. The number of anilines is 1. The Labute approximate surface area is 78.5 Å². The van der Waals surface area contributed by atoms with Crippen molar-refractivity contribution in [2.45, 2.75) is 6.42 Å². The van der Waals surface area contributed by atoms with Crippen molar-refractivity contribution in [2.24, 2.45) is 0 Å². The summed E-state index contributed by atoms with van der Waals surface area (Å²) in [5.74, 6) is 0. The van der Waals surface area contributed by atoms with Crippen molar-refractivity contribution >= 4 is 11.3 Å². The van der Waals surface area contributed by atoms with E-state index in [1.54, 1.807) is 0 Å². The highest BCUT2D eigenvalue weighted by molar-refractivity contribution is 5.69. The lowest BCUT2D eigenvalue weighted by Crippen LogP contribution is -2.20. The van der Waals surface area contributed by atoms with Crippen LogP contribution < -0.4 is 11.1 Å². The molecule has 1 aromatic rings. The van der Waals surface area contributed by atoms with E-state index in [9.17, 15) is 0 Å². The molecule has 0 unspecified atom stereocenters. The number of hydrogen-bond donors (Lipinski definition) is 2. The summed E-state index contributed by atoms with van der Waals surface area (Å²) < 4.78 is 0. The Bertz CT molecular complexity index is 329. The summed E-state index contributed by atoms with van der Waals surface area (Å²) in [5.41, 5.74) is 9.24. The van der Waals surface area contributed by atoms with Gasteiger partial charge < -0.3 is 11.1 Å². The highest BCUT2D eigenvalue weighted by Gasteiger charge is 2.04. The van der Waals surface area contributed by atoms with Crippen LogP contribution in [0.5, 0.6) is 0 Å². The molecular weight excluding hydrogens is 160 g/mol. The molecule has 1 aliphatic heterocycles. The monoisotopic (exact) mass is 174 g/mol. The van der Waals surface area contributed by atoms with Crippen molar-refractivity contribution in [1.29, 1.82) is 0 Å². The Morgan fingerprint density at radius 1 is 1.31 bits per heavy atom. The Balaban J connectivity index is 2.29. The second-order valence-corrected chi connectivity index (χ2v) is 3.31. The first kappa shape index (κ1) is 8.32. The third-order valence-corrected chi connectivity index (χ3v) is 2.32. The normalized spacial score (nSPS) is 16.8. The fourth-order valence-corrected chi connectivity index (χ4v) is 1.62. The van der Waals surface area contributed by atoms with Crippen molar-refractivity contribution in [3.8, 4) is 0 Å². The number of hydrogen-bond acceptors (Lipinski definition) is 2. The standard InChI is InChI=1S/C11H14N2/c12-11-3-1-2-10(8-11)9-4-6-13-7-5-9/h1-4,8,13H,5-7,12H2. The van der Waals surface area contributed by atoms with Crippen molar-refractivity contribution in [2.75, 3.05) is 18.8 Å². The maximum atomic E-state index is 5.72. The molecular formula is C11H14N2. The summed E-state index contributed by atoms with van der Waals surface area (Å²) in [6, 6.07) is 8.09. The third kappa shape index (κ3) is 1.90. The number of nitrogens with one attached hydrogen (secondary N) is 1. The molecule has 13 heavy (non-hydrogen) atoms. The van der Waals surface area contributed by atoms with E-state index >= 15 is 0 Å². The van der Waals surface area contributed by atoms with E-state index in [0.717, 1.165) is 25.2 Å². The lowest BCUT2D eigenvalue weighted by atomic mass is 10.00. The molecule has 0 fully saturated rings. The first-order valence-corrected chi connectivity index (χ1v) is 4.62. The van der Waals surface area contributed by atoms with Crippen LogP contribution in [0.3, 0.4) is 0 Å². The van der Waals surface area contributed by atoms with Gasteiger partial charge in [0.15, 0.2) is 0 Å². The van der Waals surface area contributed by atoms with Crippen LogP contribution in [0.1, 0.15) is 12.0 Å². The van der Waals surface area contributed by atoms with E-state index in [4.69, 9.17) is 5.73 Å². The Morgan fingerprint density at radius 2 is 2.23 bits per heavy atom. The Hall–Kier alpha value is -1.28. The number of nitrogens with two attached hydrogens (primary N) is 1. The maximum Gasteiger partial charge on any atom is 0.0320 e. The first-order valence-electron chi connectivity index (χ1n) is 4.62. The minimum absolute atomic E-state index is 0.844. The minimum Gasteiger partial charge on any atom is -0.399 e. The van der Waals surface area contributed by atoms with Crippen LogP contribution >= 0.6 is 0 Å². The molecule has 0 amide bonds. The van der Waals surface area contributed by atoms with Crippen molar-refractivity contribution in [3.63, 3.8) is 0 Å². The van der Waals surface area contributed by atoms with Crippen LogP contribution in [-0.4, -0.2) is 13.1 Å². The summed E-state index contributed by atoms with van der Waals surface area (Å²) in [7, 11) is 0. The zero-order valence-electron chi connectivity index (χ0n) is 7.59. The molecule has 0 aliphatic carbocycles. The molecule has 2 nitrogen and oxygen atoms in total. The van der Waals surface area contributed by atoms with Crippen LogP contribution in [0.15, 0.2) is 30.3 Å². The first-order chi connectivity index (χ1) is 6.36. The molecule has 1 aliphatic rings. The van der Waals surface area contributed by atoms with Gasteiger partial charge in [0.05, 0.1) is 0 Å². The summed E-state index contributed by atoms with van der Waals surface area (Å²) in [4.78, 5) is 0. The van der Waals surface area contributed by atoms with E-state index in [1.807, 2.05) is 18.2 Å². The molecule has 3 N–H and O–H groups in total. The van der Waals surface area contributed by atoms with Gasteiger partial charge in [0.25, 0.3) is 0 Å². The van der Waals surface area contributed by atoms with Gasteiger partial charge in [-0.1, -0.05) is 18.2 Å². The van der Waals surface area contributed by atoms with E-state index in [2.05, 4.69) is 17.5 Å². The molecule has 0 radical (unpaired) electrons. The second-order valence-electron chi connectivity index (χ2n) is 3.31. The highest BCUT2D eigenvalue weighted by Crippen LogP contribution is 2.20. The Morgan fingerprint density at radius 3 is 2.92 bits per heavy atom. The molecule has 2 heteroatoms. The van der Waals surface area contributed by atoms with Gasteiger partial charge in [-0.3, -0.25) is 0 Å².